The van der Waals surface area contributed by atoms with Crippen LogP contribution in [0.25, 0.3) is 0 Å². The number of hydrogen-bond acceptors (Lipinski definition) is 2. The molecule has 0 aromatic heterocycles. The largest absolute Gasteiger partial charge is 0.417 e. The van der Waals surface area contributed by atoms with Crippen molar-refractivity contribution >= 4 is 23.2 Å². The molecule has 134 valence electrons. The van der Waals surface area contributed by atoms with Crippen molar-refractivity contribution in [1.29, 1.82) is 0 Å². The molecule has 0 unspecified atom stereocenters. The lowest BCUT2D eigenvalue weighted by Gasteiger charge is -2.12. The van der Waals surface area contributed by atoms with Crippen molar-refractivity contribution in [3.8, 4) is 0 Å². The maximum atomic E-state index is 13.4. The Kier molecular flexibility index (Phi) is 6.39. The van der Waals surface area contributed by atoms with Gasteiger partial charge in [0.2, 0.25) is 5.91 Å². The van der Waals surface area contributed by atoms with Gasteiger partial charge >= 0.3 is 6.18 Å². The predicted octanol–water partition coefficient (Wildman–Crippen LogP) is 4.27. The van der Waals surface area contributed by atoms with Crippen molar-refractivity contribution < 1.29 is 22.4 Å². The Bertz CT molecular complexity index is 750. The molecule has 0 aliphatic carbocycles. The number of alkyl halides is 3. The highest BCUT2D eigenvalue weighted by molar-refractivity contribution is 6.31. The standard InChI is InChI=1S/C17H15ClF4N2O/c18-14-6-5-12(9-13(14)17(20,21)22)24-16(25)10-23-8-7-11-3-1-2-4-15(11)19/h1-6,9,23H,7-8,10H2,(H,24,25). The number of benzene rings is 2. The van der Waals surface area contributed by atoms with Crippen LogP contribution in [0.5, 0.6) is 0 Å². The molecule has 1 amide bonds. The van der Waals surface area contributed by atoms with E-state index in [0.717, 1.165) is 12.1 Å². The summed E-state index contributed by atoms with van der Waals surface area (Å²) in [4.78, 5) is 11.8. The lowest BCUT2D eigenvalue weighted by Crippen LogP contribution is -2.29. The first-order chi connectivity index (χ1) is 11.8. The summed E-state index contributed by atoms with van der Waals surface area (Å²) in [5.74, 6) is -0.835. The van der Waals surface area contributed by atoms with E-state index in [9.17, 15) is 22.4 Å². The summed E-state index contributed by atoms with van der Waals surface area (Å²) in [5, 5.41) is 4.73. The second-order valence-corrected chi connectivity index (χ2v) is 5.67. The van der Waals surface area contributed by atoms with E-state index in [2.05, 4.69) is 10.6 Å². The van der Waals surface area contributed by atoms with E-state index >= 15 is 0 Å². The summed E-state index contributed by atoms with van der Waals surface area (Å²) in [6, 6.07) is 9.43. The number of amides is 1. The highest BCUT2D eigenvalue weighted by Gasteiger charge is 2.33. The van der Waals surface area contributed by atoms with Crippen LogP contribution in [0.4, 0.5) is 23.2 Å². The minimum absolute atomic E-state index is 0.00220. The smallest absolute Gasteiger partial charge is 0.325 e. The maximum Gasteiger partial charge on any atom is 0.417 e. The molecule has 0 bridgehead atoms. The lowest BCUT2D eigenvalue weighted by molar-refractivity contribution is -0.137. The molecule has 0 aliphatic heterocycles. The first-order valence-electron chi connectivity index (χ1n) is 7.38. The number of nitrogens with one attached hydrogen (secondary N) is 2. The van der Waals surface area contributed by atoms with Gasteiger partial charge in [0, 0.05) is 5.69 Å². The van der Waals surface area contributed by atoms with Crippen molar-refractivity contribution in [2.45, 2.75) is 12.6 Å². The third-order valence-corrected chi connectivity index (χ3v) is 3.70. The first kappa shape index (κ1) is 19.2. The predicted molar refractivity (Wildman–Crippen MR) is 88.1 cm³/mol. The van der Waals surface area contributed by atoms with E-state index in [4.69, 9.17) is 11.6 Å². The van der Waals surface area contributed by atoms with Crippen molar-refractivity contribution in [3.63, 3.8) is 0 Å². The molecule has 0 radical (unpaired) electrons. The quantitative estimate of drug-likeness (QED) is 0.585. The Hall–Kier alpha value is -2.12. The van der Waals surface area contributed by atoms with Crippen LogP contribution in [-0.4, -0.2) is 19.0 Å². The van der Waals surface area contributed by atoms with Crippen molar-refractivity contribution in [2.75, 3.05) is 18.4 Å². The minimum Gasteiger partial charge on any atom is -0.325 e. The van der Waals surface area contributed by atoms with E-state index in [-0.39, 0.29) is 18.0 Å². The summed E-state index contributed by atoms with van der Waals surface area (Å²) < 4.78 is 51.7. The van der Waals surface area contributed by atoms with Crippen LogP contribution < -0.4 is 10.6 Å². The summed E-state index contributed by atoms with van der Waals surface area (Å²) in [6.07, 6.45) is -4.21. The van der Waals surface area contributed by atoms with Crippen molar-refractivity contribution in [2.24, 2.45) is 0 Å². The Morgan fingerprint density at radius 3 is 2.52 bits per heavy atom. The molecule has 0 aliphatic rings. The van der Waals surface area contributed by atoms with Gasteiger partial charge in [-0.3, -0.25) is 4.79 Å². The first-order valence-corrected chi connectivity index (χ1v) is 7.76. The fourth-order valence-corrected chi connectivity index (χ4v) is 2.38. The van der Waals surface area contributed by atoms with Crippen LogP contribution in [0.2, 0.25) is 5.02 Å². The molecular formula is C17H15ClF4N2O. The van der Waals surface area contributed by atoms with Crippen LogP contribution in [-0.2, 0) is 17.4 Å². The van der Waals surface area contributed by atoms with Crippen LogP contribution in [0.3, 0.4) is 0 Å². The molecule has 0 spiro atoms. The van der Waals surface area contributed by atoms with Crippen LogP contribution >= 0.6 is 11.6 Å². The average molecular weight is 375 g/mol. The SMILES string of the molecule is O=C(CNCCc1ccccc1F)Nc1ccc(Cl)c(C(F)(F)F)c1. The Balaban J connectivity index is 1.84. The molecular weight excluding hydrogens is 360 g/mol. The average Bonchev–Trinajstić information content (AvgIpc) is 2.54. The third kappa shape index (κ3) is 5.72. The summed E-state index contributed by atoms with van der Waals surface area (Å²) in [5.41, 5.74) is -0.500. The van der Waals surface area contributed by atoms with Gasteiger partial charge in [-0.05, 0) is 42.8 Å². The van der Waals surface area contributed by atoms with Crippen LogP contribution in [0.15, 0.2) is 42.5 Å². The van der Waals surface area contributed by atoms with Gasteiger partial charge in [-0.1, -0.05) is 29.8 Å². The molecule has 2 aromatic carbocycles. The molecule has 0 saturated carbocycles. The van der Waals surface area contributed by atoms with E-state index in [1.807, 2.05) is 0 Å². The fraction of sp³-hybridized carbons (Fsp3) is 0.235. The Labute approximate surface area is 147 Å². The number of halogens is 5. The van der Waals surface area contributed by atoms with E-state index in [0.29, 0.717) is 18.5 Å². The topological polar surface area (TPSA) is 41.1 Å². The molecule has 2 aromatic rings. The van der Waals surface area contributed by atoms with Gasteiger partial charge in [0.05, 0.1) is 17.1 Å². The molecule has 0 atom stereocenters. The zero-order valence-corrected chi connectivity index (χ0v) is 13.7. The number of hydrogen-bond donors (Lipinski definition) is 2. The Morgan fingerprint density at radius 2 is 1.84 bits per heavy atom. The molecule has 25 heavy (non-hydrogen) atoms. The van der Waals surface area contributed by atoms with Gasteiger partial charge in [0.15, 0.2) is 0 Å². The van der Waals surface area contributed by atoms with Crippen molar-refractivity contribution in [3.05, 3.63) is 64.4 Å². The van der Waals surface area contributed by atoms with E-state index in [1.165, 1.54) is 12.1 Å². The number of carbonyl (C=O) groups is 1. The van der Waals surface area contributed by atoms with Gasteiger partial charge in [-0.15, -0.1) is 0 Å². The normalized spacial score (nSPS) is 11.4. The maximum absolute atomic E-state index is 13.4. The van der Waals surface area contributed by atoms with Crippen LogP contribution in [0.1, 0.15) is 11.1 Å². The third-order valence-electron chi connectivity index (χ3n) is 3.37. The molecule has 0 fully saturated rings. The molecule has 2 N–H and O–H groups in total. The minimum atomic E-state index is -4.60. The summed E-state index contributed by atoms with van der Waals surface area (Å²) >= 11 is 5.52. The number of anilines is 1. The van der Waals surface area contributed by atoms with Gasteiger partial charge in [0.1, 0.15) is 5.82 Å². The van der Waals surface area contributed by atoms with E-state index in [1.54, 1.807) is 18.2 Å². The van der Waals surface area contributed by atoms with Gasteiger partial charge in [-0.2, -0.15) is 13.2 Å². The fourth-order valence-electron chi connectivity index (χ4n) is 2.15. The Morgan fingerprint density at radius 1 is 1.12 bits per heavy atom. The molecule has 0 heterocycles. The highest BCUT2D eigenvalue weighted by atomic mass is 35.5. The second kappa shape index (κ2) is 8.31. The van der Waals surface area contributed by atoms with Crippen LogP contribution in [0, 0.1) is 5.82 Å². The van der Waals surface area contributed by atoms with Gasteiger partial charge < -0.3 is 10.6 Å². The molecule has 8 heteroatoms. The molecule has 0 saturated heterocycles. The second-order valence-electron chi connectivity index (χ2n) is 5.26. The molecule has 2 rings (SSSR count). The lowest BCUT2D eigenvalue weighted by atomic mass is 10.1. The summed E-state index contributed by atoms with van der Waals surface area (Å²) in [7, 11) is 0. The van der Waals surface area contributed by atoms with Crippen molar-refractivity contribution in [1.82, 2.24) is 5.32 Å². The van der Waals surface area contributed by atoms with Gasteiger partial charge in [-0.25, -0.2) is 4.39 Å². The molecule has 3 nitrogen and oxygen atoms in total. The number of carbonyl (C=O) groups excluding carboxylic acids is 1. The zero-order valence-electron chi connectivity index (χ0n) is 13.0. The summed E-state index contributed by atoms with van der Waals surface area (Å²) in [6.45, 7) is 0.237. The highest BCUT2D eigenvalue weighted by Crippen LogP contribution is 2.36. The number of rotatable bonds is 6. The van der Waals surface area contributed by atoms with Gasteiger partial charge in [0.25, 0.3) is 0 Å². The zero-order chi connectivity index (χ0) is 18.4. The van der Waals surface area contributed by atoms with E-state index < -0.39 is 22.7 Å². The monoisotopic (exact) mass is 374 g/mol.